The number of carbonyl (C=O) groups is 1. The van der Waals surface area contributed by atoms with Gasteiger partial charge in [-0.15, -0.1) is 0 Å². The molecule has 4 heteroatoms. The van der Waals surface area contributed by atoms with E-state index in [1.165, 1.54) is 19.3 Å². The van der Waals surface area contributed by atoms with E-state index in [0.717, 1.165) is 12.8 Å². The smallest absolute Gasteiger partial charge is 0.359 e. The zero-order chi connectivity index (χ0) is 13.4. The van der Waals surface area contributed by atoms with Gasteiger partial charge in [0.05, 0.1) is 11.8 Å². The lowest BCUT2D eigenvalue weighted by Gasteiger charge is -2.13. The molecule has 1 atom stereocenters. The molecule has 0 fully saturated rings. The fourth-order valence-electron chi connectivity index (χ4n) is 1.74. The van der Waals surface area contributed by atoms with E-state index in [-0.39, 0.29) is 11.8 Å². The molecule has 0 aliphatic rings. The maximum atomic E-state index is 11.8. The topological polar surface area (TPSA) is 65.2 Å². The third-order valence-corrected chi connectivity index (χ3v) is 2.80. The maximum Gasteiger partial charge on any atom is 0.359 e. The van der Waals surface area contributed by atoms with Crippen LogP contribution in [0.4, 0.5) is 5.69 Å². The van der Waals surface area contributed by atoms with E-state index >= 15 is 0 Å². The van der Waals surface area contributed by atoms with Gasteiger partial charge in [0.15, 0.2) is 5.69 Å². The predicted molar refractivity (Wildman–Crippen MR) is 72.3 cm³/mol. The summed E-state index contributed by atoms with van der Waals surface area (Å²) in [6.45, 7) is 4.08. The molecule has 0 aliphatic carbocycles. The fourth-order valence-corrected chi connectivity index (χ4v) is 1.74. The van der Waals surface area contributed by atoms with Gasteiger partial charge in [-0.05, 0) is 31.9 Å². The molecule has 1 rings (SSSR count). The molecular weight excluding hydrogens is 228 g/mol. The van der Waals surface area contributed by atoms with Crippen molar-refractivity contribution in [3.05, 3.63) is 24.0 Å². The van der Waals surface area contributed by atoms with E-state index in [0.29, 0.717) is 5.69 Å². The van der Waals surface area contributed by atoms with Crippen molar-refractivity contribution in [3.8, 4) is 0 Å². The Morgan fingerprint density at radius 3 is 2.89 bits per heavy atom. The highest BCUT2D eigenvalue weighted by atomic mass is 16.5. The lowest BCUT2D eigenvalue weighted by Crippen LogP contribution is -2.17. The quantitative estimate of drug-likeness (QED) is 0.596. The molecule has 0 saturated carbocycles. The molecule has 4 nitrogen and oxygen atoms in total. The average Bonchev–Trinajstić information content (AvgIpc) is 2.35. The monoisotopic (exact) mass is 250 g/mol. The number of anilines is 1. The Balaban J connectivity index is 2.38. The van der Waals surface area contributed by atoms with Gasteiger partial charge in [-0.3, -0.25) is 0 Å². The normalized spacial score (nSPS) is 12.1. The van der Waals surface area contributed by atoms with Crippen molar-refractivity contribution in [2.75, 3.05) is 5.73 Å². The maximum absolute atomic E-state index is 11.8. The predicted octanol–water partition coefficient (Wildman–Crippen LogP) is 3.18. The zero-order valence-electron chi connectivity index (χ0n) is 11.2. The molecular formula is C14H22N2O2. The van der Waals surface area contributed by atoms with Gasteiger partial charge in [0.25, 0.3) is 0 Å². The number of nitrogen functional groups attached to an aromatic ring is 1. The van der Waals surface area contributed by atoms with Crippen LogP contribution in [0.5, 0.6) is 0 Å². The molecule has 1 unspecified atom stereocenters. The highest BCUT2D eigenvalue weighted by Crippen LogP contribution is 2.13. The van der Waals surface area contributed by atoms with Crippen LogP contribution in [-0.4, -0.2) is 17.1 Å². The van der Waals surface area contributed by atoms with E-state index in [1.54, 1.807) is 18.3 Å². The summed E-state index contributed by atoms with van der Waals surface area (Å²) in [6, 6.07) is 3.34. The third kappa shape index (κ3) is 4.73. The van der Waals surface area contributed by atoms with E-state index < -0.39 is 5.97 Å². The molecule has 0 aliphatic heterocycles. The first kappa shape index (κ1) is 14.5. The van der Waals surface area contributed by atoms with Crippen LogP contribution in [0.3, 0.4) is 0 Å². The molecule has 0 spiro atoms. The molecule has 1 aromatic rings. The summed E-state index contributed by atoms with van der Waals surface area (Å²) in [6.07, 6.45) is 7.05. The van der Waals surface area contributed by atoms with Crippen molar-refractivity contribution in [2.45, 2.75) is 52.1 Å². The Hall–Kier alpha value is -1.58. The molecule has 2 N–H and O–H groups in total. The number of esters is 1. The third-order valence-electron chi connectivity index (χ3n) is 2.80. The van der Waals surface area contributed by atoms with Crippen LogP contribution in [-0.2, 0) is 4.74 Å². The fraction of sp³-hybridized carbons (Fsp3) is 0.571. The molecule has 0 saturated heterocycles. The van der Waals surface area contributed by atoms with E-state index in [2.05, 4.69) is 11.9 Å². The van der Waals surface area contributed by atoms with Crippen LogP contribution < -0.4 is 5.73 Å². The van der Waals surface area contributed by atoms with Crippen molar-refractivity contribution in [1.29, 1.82) is 0 Å². The van der Waals surface area contributed by atoms with Gasteiger partial charge >= 0.3 is 5.97 Å². The highest BCUT2D eigenvalue weighted by Gasteiger charge is 2.15. The number of nitrogens with two attached hydrogens (primary N) is 1. The van der Waals surface area contributed by atoms with Gasteiger partial charge in [0.2, 0.25) is 0 Å². The highest BCUT2D eigenvalue weighted by molar-refractivity contribution is 5.92. The number of aromatic nitrogens is 1. The van der Waals surface area contributed by atoms with Crippen molar-refractivity contribution < 1.29 is 9.53 Å². The first-order chi connectivity index (χ1) is 8.65. The summed E-state index contributed by atoms with van der Waals surface area (Å²) >= 11 is 0. The molecule has 1 aromatic heterocycles. The number of nitrogens with zero attached hydrogens (tertiary/aromatic N) is 1. The van der Waals surface area contributed by atoms with Crippen LogP contribution in [0, 0.1) is 0 Å². The van der Waals surface area contributed by atoms with Crippen molar-refractivity contribution in [2.24, 2.45) is 0 Å². The van der Waals surface area contributed by atoms with E-state index in [4.69, 9.17) is 10.5 Å². The number of hydrogen-bond donors (Lipinski definition) is 1. The molecule has 0 bridgehead atoms. The van der Waals surface area contributed by atoms with E-state index in [1.807, 2.05) is 6.92 Å². The SMILES string of the molecule is CCCCCCC(C)OC(=O)c1ncccc1N. The van der Waals surface area contributed by atoms with Gasteiger partial charge in [-0.1, -0.05) is 26.2 Å². The minimum atomic E-state index is -0.434. The number of hydrogen-bond acceptors (Lipinski definition) is 4. The number of ether oxygens (including phenoxy) is 1. The number of rotatable bonds is 7. The second-order valence-corrected chi connectivity index (χ2v) is 4.51. The Bertz CT molecular complexity index is 380. The molecule has 0 aromatic carbocycles. The zero-order valence-corrected chi connectivity index (χ0v) is 11.2. The van der Waals surface area contributed by atoms with Crippen molar-refractivity contribution in [3.63, 3.8) is 0 Å². The van der Waals surface area contributed by atoms with Crippen molar-refractivity contribution in [1.82, 2.24) is 4.98 Å². The van der Waals surface area contributed by atoms with Gasteiger partial charge in [-0.2, -0.15) is 0 Å². The van der Waals surface area contributed by atoms with Gasteiger partial charge in [0, 0.05) is 6.20 Å². The van der Waals surface area contributed by atoms with Crippen LogP contribution in [0.25, 0.3) is 0 Å². The summed E-state index contributed by atoms with van der Waals surface area (Å²) in [5, 5.41) is 0. The number of carbonyl (C=O) groups excluding carboxylic acids is 1. The van der Waals surface area contributed by atoms with Crippen LogP contribution >= 0.6 is 0 Å². The summed E-state index contributed by atoms with van der Waals surface area (Å²) < 4.78 is 5.32. The molecule has 1 heterocycles. The summed E-state index contributed by atoms with van der Waals surface area (Å²) in [7, 11) is 0. The summed E-state index contributed by atoms with van der Waals surface area (Å²) in [5.74, 6) is -0.434. The molecule has 100 valence electrons. The first-order valence-electron chi connectivity index (χ1n) is 6.56. The first-order valence-corrected chi connectivity index (χ1v) is 6.56. The molecule has 0 amide bonds. The minimum Gasteiger partial charge on any atom is -0.458 e. The largest absolute Gasteiger partial charge is 0.458 e. The number of pyridine rings is 1. The second-order valence-electron chi connectivity index (χ2n) is 4.51. The van der Waals surface area contributed by atoms with Gasteiger partial charge in [-0.25, -0.2) is 9.78 Å². The van der Waals surface area contributed by atoms with Crippen molar-refractivity contribution >= 4 is 11.7 Å². The standard InChI is InChI=1S/C14H22N2O2/c1-3-4-5-6-8-11(2)18-14(17)13-12(15)9-7-10-16-13/h7,9-11H,3-6,8,15H2,1-2H3. The lowest BCUT2D eigenvalue weighted by atomic mass is 10.1. The molecule has 0 radical (unpaired) electrons. The minimum absolute atomic E-state index is 0.0873. The van der Waals surface area contributed by atoms with E-state index in [9.17, 15) is 4.79 Å². The summed E-state index contributed by atoms with van der Waals surface area (Å²) in [5.41, 5.74) is 6.24. The van der Waals surface area contributed by atoms with Crippen LogP contribution in [0.1, 0.15) is 56.4 Å². The van der Waals surface area contributed by atoms with Crippen LogP contribution in [0.2, 0.25) is 0 Å². The Kier molecular flexibility index (Phi) is 6.19. The summed E-state index contributed by atoms with van der Waals surface area (Å²) in [4.78, 5) is 15.7. The van der Waals surface area contributed by atoms with Gasteiger partial charge in [0.1, 0.15) is 0 Å². The van der Waals surface area contributed by atoms with Gasteiger partial charge < -0.3 is 10.5 Å². The Morgan fingerprint density at radius 1 is 1.44 bits per heavy atom. The van der Waals surface area contributed by atoms with Crippen LogP contribution in [0.15, 0.2) is 18.3 Å². The average molecular weight is 250 g/mol. The Labute approximate surface area is 109 Å². The second kappa shape index (κ2) is 7.69. The Morgan fingerprint density at radius 2 is 2.22 bits per heavy atom. The molecule has 18 heavy (non-hydrogen) atoms. The lowest BCUT2D eigenvalue weighted by molar-refractivity contribution is 0.0314. The number of unbranched alkanes of at least 4 members (excludes halogenated alkanes) is 3.